The van der Waals surface area contributed by atoms with Gasteiger partial charge in [-0.05, 0) is 73.8 Å². The van der Waals surface area contributed by atoms with Gasteiger partial charge in [0, 0.05) is 37.3 Å². The van der Waals surface area contributed by atoms with Crippen molar-refractivity contribution in [1.82, 2.24) is 24.5 Å². The Morgan fingerprint density at radius 2 is 1.66 bits per heavy atom. The molecule has 2 atom stereocenters. The molecule has 0 amide bonds. The Labute approximate surface area is 215 Å². The van der Waals surface area contributed by atoms with Crippen LogP contribution in [0.4, 0.5) is 13.2 Å². The minimum absolute atomic E-state index is 0.0198. The molecule has 1 aliphatic heterocycles. The number of alkyl halides is 3. The number of hydrogen-bond donors (Lipinski definition) is 0. The molecule has 0 N–H and O–H groups in total. The SMILES string of the molecule is Cc1nc2nc([C@H]3CCO[C@@H](c4ccc(=O)n(C)c4)C3)nc(C34C5C6C3C3C4C5C63C(F)(F)F)c2nc1C. The highest BCUT2D eigenvalue weighted by Gasteiger charge is 3.14. The smallest absolute Gasteiger partial charge is 0.373 e. The van der Waals surface area contributed by atoms with Gasteiger partial charge in [0.05, 0.1) is 28.6 Å². The first-order valence-corrected chi connectivity index (χ1v) is 13.5. The van der Waals surface area contributed by atoms with Gasteiger partial charge in [-0.2, -0.15) is 13.2 Å². The molecule has 0 radical (unpaired) electrons. The van der Waals surface area contributed by atoms with Gasteiger partial charge in [-0.1, -0.05) is 0 Å². The second-order valence-corrected chi connectivity index (χ2v) is 12.5. The van der Waals surface area contributed by atoms with E-state index in [4.69, 9.17) is 24.7 Å². The topological polar surface area (TPSA) is 82.8 Å². The number of ether oxygens (including phenoxy) is 1. The molecule has 10 heteroatoms. The minimum Gasteiger partial charge on any atom is -0.373 e. The molecule has 3 aromatic rings. The van der Waals surface area contributed by atoms with Crippen molar-refractivity contribution in [1.29, 1.82) is 0 Å². The largest absolute Gasteiger partial charge is 0.395 e. The zero-order valence-corrected chi connectivity index (χ0v) is 21.2. The van der Waals surface area contributed by atoms with Crippen molar-refractivity contribution in [3.63, 3.8) is 0 Å². The van der Waals surface area contributed by atoms with Crippen LogP contribution in [-0.2, 0) is 17.2 Å². The molecular weight excluding hydrogens is 495 g/mol. The first kappa shape index (κ1) is 22.0. The molecule has 6 saturated carbocycles. The van der Waals surface area contributed by atoms with E-state index in [-0.39, 0.29) is 58.5 Å². The van der Waals surface area contributed by atoms with Crippen LogP contribution in [0, 0.1) is 54.8 Å². The molecule has 0 unspecified atom stereocenters. The molecule has 6 aliphatic carbocycles. The highest BCUT2D eigenvalue weighted by atomic mass is 19.4. The maximum absolute atomic E-state index is 14.0. The zero-order valence-electron chi connectivity index (χ0n) is 21.2. The third-order valence-electron chi connectivity index (χ3n) is 11.6. The lowest BCUT2D eigenvalue weighted by molar-refractivity contribution is -0.666. The standard InChI is InChI=1S/C28H26F3N5O2/c1-10-11(2)33-25-22(32-10)23(26-16-19-17(26)21-18(26)20(16)27(19,21)28(29,30)31)34-24(35-25)12-6-7-38-14(8-12)13-4-5-15(37)36(3)9-13/h4-5,9,12,14,16-21H,6-8H2,1-3H3/t12-,14+,16?,17?,18?,19?,20?,21?,26?,27?/m0/s1. The third kappa shape index (κ3) is 1.99. The van der Waals surface area contributed by atoms with Crippen molar-refractivity contribution in [2.45, 2.75) is 50.3 Å². The van der Waals surface area contributed by atoms with Crippen LogP contribution in [0.25, 0.3) is 11.2 Å². The summed E-state index contributed by atoms with van der Waals surface area (Å²) in [4.78, 5) is 31.6. The van der Waals surface area contributed by atoms with Gasteiger partial charge < -0.3 is 9.30 Å². The molecule has 7 aliphatic rings. The van der Waals surface area contributed by atoms with Gasteiger partial charge >= 0.3 is 6.18 Å². The fourth-order valence-corrected chi connectivity index (χ4v) is 10.3. The van der Waals surface area contributed by atoms with E-state index in [2.05, 4.69) is 0 Å². The van der Waals surface area contributed by atoms with E-state index in [1.54, 1.807) is 17.7 Å². The number of rotatable bonds is 3. The Morgan fingerprint density at radius 3 is 2.32 bits per heavy atom. The van der Waals surface area contributed by atoms with E-state index in [9.17, 15) is 18.0 Å². The third-order valence-corrected chi connectivity index (χ3v) is 11.6. The van der Waals surface area contributed by atoms with Gasteiger partial charge in [-0.25, -0.2) is 19.9 Å². The Balaban J connectivity index is 1.12. The number of fused-ring (bicyclic) bond motifs is 1. The van der Waals surface area contributed by atoms with E-state index in [0.29, 0.717) is 30.0 Å². The summed E-state index contributed by atoms with van der Waals surface area (Å²) in [5.74, 6) is 0.256. The average molecular weight is 522 g/mol. The van der Waals surface area contributed by atoms with E-state index < -0.39 is 11.6 Å². The summed E-state index contributed by atoms with van der Waals surface area (Å²) in [5.41, 5.74) is 2.90. The van der Waals surface area contributed by atoms with Gasteiger partial charge in [0.15, 0.2) is 5.65 Å². The van der Waals surface area contributed by atoms with Gasteiger partial charge in [0.1, 0.15) is 11.3 Å². The maximum atomic E-state index is 14.0. The van der Waals surface area contributed by atoms with Gasteiger partial charge in [0.2, 0.25) is 5.56 Å². The number of aryl methyl sites for hydroxylation is 3. The molecule has 10 rings (SSSR count). The highest BCUT2D eigenvalue weighted by Crippen LogP contribution is 3.11. The van der Waals surface area contributed by atoms with E-state index >= 15 is 0 Å². The summed E-state index contributed by atoms with van der Waals surface area (Å²) in [6.45, 7) is 4.35. The van der Waals surface area contributed by atoms with Crippen molar-refractivity contribution in [3.8, 4) is 0 Å². The molecule has 0 spiro atoms. The Kier molecular flexibility index (Phi) is 3.64. The van der Waals surface area contributed by atoms with Crippen LogP contribution in [0.5, 0.6) is 0 Å². The number of aromatic nitrogens is 5. The second kappa shape index (κ2) is 6.29. The first-order chi connectivity index (χ1) is 18.1. The van der Waals surface area contributed by atoms with Crippen molar-refractivity contribution >= 4 is 11.2 Å². The summed E-state index contributed by atoms with van der Waals surface area (Å²) in [6, 6.07) is 3.36. The average Bonchev–Trinajstić information content (AvgIpc) is 2.89. The highest BCUT2D eigenvalue weighted by molar-refractivity contribution is 5.79. The molecule has 3 aromatic heterocycles. The van der Waals surface area contributed by atoms with Crippen LogP contribution in [0.15, 0.2) is 23.1 Å². The number of pyridine rings is 1. The molecule has 196 valence electrons. The van der Waals surface area contributed by atoms with Gasteiger partial charge in [0.25, 0.3) is 0 Å². The molecule has 38 heavy (non-hydrogen) atoms. The summed E-state index contributed by atoms with van der Waals surface area (Å²) in [6.07, 6.45) is -1.06. The van der Waals surface area contributed by atoms with E-state index in [0.717, 1.165) is 29.1 Å². The van der Waals surface area contributed by atoms with Crippen LogP contribution in [0.2, 0.25) is 0 Å². The number of halogens is 3. The summed E-state index contributed by atoms with van der Waals surface area (Å²) in [5, 5.41) is 0. The normalized spacial score (nSPS) is 42.9. The Bertz CT molecular complexity index is 1610. The summed E-state index contributed by atoms with van der Waals surface area (Å²) >= 11 is 0. The molecule has 1 saturated heterocycles. The lowest BCUT2D eigenvalue weighted by Crippen LogP contribution is -3.13. The van der Waals surface area contributed by atoms with Crippen LogP contribution >= 0.6 is 0 Å². The van der Waals surface area contributed by atoms with Crippen LogP contribution in [-0.4, -0.2) is 37.3 Å². The number of nitrogens with zero attached hydrogens (tertiary/aromatic N) is 5. The Hall–Kier alpha value is -2.88. The fraction of sp³-hybridized carbons (Fsp3) is 0.607. The molecule has 0 bridgehead atoms. The number of hydrogen-bond acceptors (Lipinski definition) is 6. The molecule has 0 aromatic carbocycles. The lowest BCUT2D eigenvalue weighted by Gasteiger charge is -3.10. The predicted octanol–water partition coefficient (Wildman–Crippen LogP) is 3.92. The maximum Gasteiger partial charge on any atom is 0.395 e. The van der Waals surface area contributed by atoms with Crippen LogP contribution in [0.1, 0.15) is 53.3 Å². The molecule has 7 fully saturated rings. The van der Waals surface area contributed by atoms with Crippen molar-refractivity contribution in [2.75, 3.05) is 6.61 Å². The van der Waals surface area contributed by atoms with Crippen molar-refractivity contribution < 1.29 is 17.9 Å². The monoisotopic (exact) mass is 521 g/mol. The first-order valence-electron chi connectivity index (χ1n) is 13.5. The van der Waals surface area contributed by atoms with Crippen LogP contribution < -0.4 is 5.56 Å². The van der Waals surface area contributed by atoms with Gasteiger partial charge in [-0.3, -0.25) is 4.79 Å². The van der Waals surface area contributed by atoms with Crippen molar-refractivity contribution in [2.24, 2.45) is 48.0 Å². The molecular formula is C28H26F3N5O2. The van der Waals surface area contributed by atoms with E-state index in [1.807, 2.05) is 26.1 Å². The minimum atomic E-state index is -4.09. The zero-order chi connectivity index (χ0) is 26.1. The van der Waals surface area contributed by atoms with E-state index in [1.165, 1.54) is 0 Å². The van der Waals surface area contributed by atoms with Gasteiger partial charge in [-0.15, -0.1) is 0 Å². The predicted molar refractivity (Wildman–Crippen MR) is 128 cm³/mol. The van der Waals surface area contributed by atoms with Crippen molar-refractivity contribution in [3.05, 3.63) is 57.2 Å². The van der Waals surface area contributed by atoms with Crippen LogP contribution in [0.3, 0.4) is 0 Å². The lowest BCUT2D eigenvalue weighted by atomic mass is 8.92. The second-order valence-electron chi connectivity index (χ2n) is 12.5. The fourth-order valence-electron chi connectivity index (χ4n) is 10.3. The molecule has 4 heterocycles. The molecule has 7 nitrogen and oxygen atoms in total. The summed E-state index contributed by atoms with van der Waals surface area (Å²) < 4.78 is 49.6. The Morgan fingerprint density at radius 1 is 0.974 bits per heavy atom. The quantitative estimate of drug-likeness (QED) is 0.520. The summed E-state index contributed by atoms with van der Waals surface area (Å²) in [7, 11) is 1.72.